The van der Waals surface area contributed by atoms with Gasteiger partial charge in [-0.25, -0.2) is 9.97 Å². The summed E-state index contributed by atoms with van der Waals surface area (Å²) in [6.45, 7) is 2.09. The predicted octanol–water partition coefficient (Wildman–Crippen LogP) is 4.19. The molecule has 1 unspecified atom stereocenters. The van der Waals surface area contributed by atoms with Crippen molar-refractivity contribution in [3.05, 3.63) is 64.3 Å². The van der Waals surface area contributed by atoms with Crippen LogP contribution in [0.4, 0.5) is 0 Å². The lowest BCUT2D eigenvalue weighted by atomic mass is 10.0. The van der Waals surface area contributed by atoms with Crippen molar-refractivity contribution in [1.82, 2.24) is 14.4 Å². The van der Waals surface area contributed by atoms with Crippen molar-refractivity contribution in [2.24, 2.45) is 0 Å². The molecule has 3 aromatic rings. The van der Waals surface area contributed by atoms with Crippen LogP contribution in [-0.4, -0.2) is 14.4 Å². The number of fused-ring (bicyclic) bond motifs is 1. The van der Waals surface area contributed by atoms with Crippen molar-refractivity contribution in [3.8, 4) is 0 Å². The highest BCUT2D eigenvalue weighted by Crippen LogP contribution is 2.26. The number of nitrogens with zero attached hydrogens (tertiary/aromatic N) is 3. The highest BCUT2D eigenvalue weighted by molar-refractivity contribution is 6.33. The third-order valence-corrected chi connectivity index (χ3v) is 3.60. The van der Waals surface area contributed by atoms with Crippen molar-refractivity contribution < 1.29 is 0 Å². The number of aromatic nitrogens is 3. The minimum Gasteiger partial charge on any atom is -0.270 e. The molecule has 2 aromatic heterocycles. The molecule has 19 heavy (non-hydrogen) atoms. The summed E-state index contributed by atoms with van der Waals surface area (Å²) in [4.78, 5) is 8.65. The van der Waals surface area contributed by atoms with E-state index in [4.69, 9.17) is 23.2 Å². The van der Waals surface area contributed by atoms with E-state index >= 15 is 0 Å². The van der Waals surface area contributed by atoms with E-state index in [0.717, 1.165) is 5.82 Å². The Morgan fingerprint density at radius 1 is 1.16 bits per heavy atom. The molecule has 3 rings (SSSR count). The van der Waals surface area contributed by atoms with Crippen LogP contribution < -0.4 is 0 Å². The minimum atomic E-state index is 0.129. The Morgan fingerprint density at radius 2 is 1.89 bits per heavy atom. The van der Waals surface area contributed by atoms with Crippen molar-refractivity contribution in [2.75, 3.05) is 0 Å². The smallest absolute Gasteiger partial charge is 0.159 e. The fraction of sp³-hybridized carbons (Fsp3) is 0.143. The van der Waals surface area contributed by atoms with Gasteiger partial charge in [-0.2, -0.15) is 0 Å². The molecule has 0 aliphatic heterocycles. The number of benzene rings is 1. The van der Waals surface area contributed by atoms with E-state index in [1.165, 1.54) is 5.56 Å². The van der Waals surface area contributed by atoms with Crippen LogP contribution in [0.25, 0.3) is 5.65 Å². The van der Waals surface area contributed by atoms with E-state index < -0.39 is 0 Å². The fourth-order valence-corrected chi connectivity index (χ4v) is 2.68. The first-order valence-corrected chi connectivity index (χ1v) is 6.67. The summed E-state index contributed by atoms with van der Waals surface area (Å²) in [6.07, 6.45) is 1.69. The lowest BCUT2D eigenvalue weighted by Crippen LogP contribution is -2.03. The third-order valence-electron chi connectivity index (χ3n) is 3.13. The Bertz CT molecular complexity index is 722. The van der Waals surface area contributed by atoms with Gasteiger partial charge in [-0.3, -0.25) is 4.40 Å². The topological polar surface area (TPSA) is 30.2 Å². The first-order chi connectivity index (χ1) is 9.16. The first-order valence-electron chi connectivity index (χ1n) is 5.91. The van der Waals surface area contributed by atoms with Gasteiger partial charge >= 0.3 is 0 Å². The summed E-state index contributed by atoms with van der Waals surface area (Å²) in [5.41, 5.74) is 1.84. The number of rotatable bonds is 2. The van der Waals surface area contributed by atoms with Crippen LogP contribution in [0.1, 0.15) is 24.2 Å². The van der Waals surface area contributed by atoms with Crippen LogP contribution in [0.3, 0.4) is 0 Å². The van der Waals surface area contributed by atoms with E-state index in [9.17, 15) is 0 Å². The summed E-state index contributed by atoms with van der Waals surface area (Å²) >= 11 is 12.1. The Labute approximate surface area is 120 Å². The fourth-order valence-electron chi connectivity index (χ4n) is 2.16. The normalized spacial score (nSPS) is 12.8. The van der Waals surface area contributed by atoms with Gasteiger partial charge in [0, 0.05) is 12.0 Å². The third kappa shape index (κ3) is 2.20. The van der Waals surface area contributed by atoms with E-state index in [2.05, 4.69) is 29.0 Å². The number of imidazole rings is 1. The van der Waals surface area contributed by atoms with Gasteiger partial charge in [-0.15, -0.1) is 0 Å². The average Bonchev–Trinajstić information content (AvgIpc) is 2.83. The zero-order chi connectivity index (χ0) is 13.4. The van der Waals surface area contributed by atoms with Gasteiger partial charge in [0.2, 0.25) is 0 Å². The molecule has 5 heteroatoms. The maximum atomic E-state index is 6.24. The number of halogens is 2. The molecule has 0 spiro atoms. The molecule has 96 valence electrons. The second kappa shape index (κ2) is 4.83. The zero-order valence-electron chi connectivity index (χ0n) is 10.2. The maximum Gasteiger partial charge on any atom is 0.159 e. The molecular formula is C14H11Cl2N3. The molecule has 0 radical (unpaired) electrons. The van der Waals surface area contributed by atoms with Gasteiger partial charge in [-0.1, -0.05) is 60.5 Å². The molecular weight excluding hydrogens is 281 g/mol. The second-order valence-electron chi connectivity index (χ2n) is 4.34. The van der Waals surface area contributed by atoms with Gasteiger partial charge < -0.3 is 0 Å². The van der Waals surface area contributed by atoms with Crippen LogP contribution in [0.5, 0.6) is 0 Å². The van der Waals surface area contributed by atoms with E-state index in [1.807, 2.05) is 22.6 Å². The zero-order valence-corrected chi connectivity index (χ0v) is 11.7. The predicted molar refractivity (Wildman–Crippen MR) is 77.0 cm³/mol. The molecule has 0 aliphatic carbocycles. The summed E-state index contributed by atoms with van der Waals surface area (Å²) in [5, 5.41) is 0.890. The average molecular weight is 292 g/mol. The molecule has 1 aromatic carbocycles. The first kappa shape index (κ1) is 12.5. The van der Waals surface area contributed by atoms with E-state index in [-0.39, 0.29) is 5.92 Å². The maximum absolute atomic E-state index is 6.24. The SMILES string of the molecule is CC(c1ccccc1)c1ncc2nc(Cl)cc(Cl)n12. The molecule has 3 nitrogen and oxygen atoms in total. The van der Waals surface area contributed by atoms with Crippen molar-refractivity contribution >= 4 is 28.8 Å². The quantitative estimate of drug-likeness (QED) is 0.663. The molecule has 0 saturated carbocycles. The summed E-state index contributed by atoms with van der Waals surface area (Å²) in [5.74, 6) is 0.986. The number of hydrogen-bond acceptors (Lipinski definition) is 2. The molecule has 2 heterocycles. The van der Waals surface area contributed by atoms with Crippen LogP contribution in [-0.2, 0) is 0 Å². The molecule has 0 saturated heterocycles. The van der Waals surface area contributed by atoms with Crippen LogP contribution in [0.2, 0.25) is 10.3 Å². The summed E-state index contributed by atoms with van der Waals surface area (Å²) in [7, 11) is 0. The van der Waals surface area contributed by atoms with Gasteiger partial charge in [0.1, 0.15) is 16.1 Å². The van der Waals surface area contributed by atoms with Gasteiger partial charge in [0.15, 0.2) is 5.65 Å². The standard InChI is InChI=1S/C14H11Cl2N3/c1-9(10-5-3-2-4-6-10)14-17-8-13-18-11(15)7-12(16)19(13)14/h2-9H,1H3. The lowest BCUT2D eigenvalue weighted by Gasteiger charge is -2.11. The van der Waals surface area contributed by atoms with Crippen LogP contribution in [0, 0.1) is 0 Å². The van der Waals surface area contributed by atoms with Crippen molar-refractivity contribution in [1.29, 1.82) is 0 Å². The molecule has 0 amide bonds. The summed E-state index contributed by atoms with van der Waals surface area (Å²) < 4.78 is 1.82. The Balaban J connectivity index is 2.16. The Kier molecular flexibility index (Phi) is 3.17. The Morgan fingerprint density at radius 3 is 2.63 bits per heavy atom. The minimum absolute atomic E-state index is 0.129. The van der Waals surface area contributed by atoms with E-state index in [0.29, 0.717) is 16.0 Å². The van der Waals surface area contributed by atoms with Crippen molar-refractivity contribution in [2.45, 2.75) is 12.8 Å². The molecule has 0 aliphatic rings. The molecule has 1 atom stereocenters. The largest absolute Gasteiger partial charge is 0.270 e. The highest BCUT2D eigenvalue weighted by atomic mass is 35.5. The van der Waals surface area contributed by atoms with Gasteiger partial charge in [0.25, 0.3) is 0 Å². The highest BCUT2D eigenvalue weighted by Gasteiger charge is 2.16. The van der Waals surface area contributed by atoms with Crippen molar-refractivity contribution in [3.63, 3.8) is 0 Å². The molecule has 0 fully saturated rings. The second-order valence-corrected chi connectivity index (χ2v) is 5.12. The number of hydrogen-bond donors (Lipinski definition) is 0. The molecule has 0 N–H and O–H groups in total. The molecule has 0 bridgehead atoms. The summed E-state index contributed by atoms with van der Waals surface area (Å²) in [6, 6.07) is 11.8. The Hall–Kier alpha value is -1.58. The van der Waals surface area contributed by atoms with Crippen LogP contribution >= 0.6 is 23.2 Å². The van der Waals surface area contributed by atoms with Gasteiger partial charge in [-0.05, 0) is 5.56 Å². The van der Waals surface area contributed by atoms with E-state index in [1.54, 1.807) is 12.3 Å². The van der Waals surface area contributed by atoms with Gasteiger partial charge in [0.05, 0.1) is 6.20 Å². The monoisotopic (exact) mass is 291 g/mol. The lowest BCUT2D eigenvalue weighted by molar-refractivity contribution is 0.808. The van der Waals surface area contributed by atoms with Crippen LogP contribution in [0.15, 0.2) is 42.6 Å².